The van der Waals surface area contributed by atoms with Gasteiger partial charge in [-0.25, -0.2) is 9.97 Å². The first kappa shape index (κ1) is 15.7. The van der Waals surface area contributed by atoms with Gasteiger partial charge in [0.15, 0.2) is 11.5 Å². The summed E-state index contributed by atoms with van der Waals surface area (Å²) >= 11 is 0. The van der Waals surface area contributed by atoms with Gasteiger partial charge >= 0.3 is 0 Å². The number of carbonyl (C=O) groups is 1. The summed E-state index contributed by atoms with van der Waals surface area (Å²) in [7, 11) is 0. The Labute approximate surface area is 125 Å². The van der Waals surface area contributed by atoms with Crippen molar-refractivity contribution in [3.63, 3.8) is 0 Å². The van der Waals surface area contributed by atoms with Crippen LogP contribution in [-0.2, 0) is 4.74 Å². The second kappa shape index (κ2) is 6.39. The molecule has 1 aliphatic rings. The number of hydrogen-bond donors (Lipinski definition) is 2. The normalized spacial score (nSPS) is 23.4. The van der Waals surface area contributed by atoms with Crippen molar-refractivity contribution < 1.29 is 9.53 Å². The standard InChI is InChI=1S/C15H24N4O2/c1-4-15(5-2)10(9-11(15)21-6-3)19-14(20)12-13(16)18-8-7-17-12/h7-8,10-11H,4-6,9H2,1-3H3,(H2,16,18)(H,19,20). The Morgan fingerprint density at radius 3 is 2.62 bits per heavy atom. The van der Waals surface area contributed by atoms with Crippen LogP contribution >= 0.6 is 0 Å². The molecule has 2 rings (SSSR count). The molecule has 21 heavy (non-hydrogen) atoms. The zero-order valence-corrected chi connectivity index (χ0v) is 12.9. The van der Waals surface area contributed by atoms with Crippen LogP contribution in [0.3, 0.4) is 0 Å². The number of aromatic nitrogens is 2. The van der Waals surface area contributed by atoms with Gasteiger partial charge in [0.2, 0.25) is 0 Å². The van der Waals surface area contributed by atoms with Gasteiger partial charge in [0.25, 0.3) is 5.91 Å². The number of carbonyl (C=O) groups excluding carboxylic acids is 1. The third-order valence-corrected chi connectivity index (χ3v) is 4.72. The summed E-state index contributed by atoms with van der Waals surface area (Å²) in [4.78, 5) is 20.2. The van der Waals surface area contributed by atoms with Gasteiger partial charge in [-0.15, -0.1) is 0 Å². The van der Waals surface area contributed by atoms with Gasteiger partial charge in [-0.3, -0.25) is 4.79 Å². The molecule has 1 heterocycles. The lowest BCUT2D eigenvalue weighted by atomic mass is 9.58. The van der Waals surface area contributed by atoms with Crippen molar-refractivity contribution in [2.45, 2.75) is 52.2 Å². The molecule has 1 saturated carbocycles. The molecule has 1 aliphatic carbocycles. The summed E-state index contributed by atoms with van der Waals surface area (Å²) in [5.41, 5.74) is 5.90. The van der Waals surface area contributed by atoms with E-state index in [2.05, 4.69) is 29.1 Å². The third kappa shape index (κ3) is 2.72. The summed E-state index contributed by atoms with van der Waals surface area (Å²) in [5.74, 6) is -0.0962. The molecule has 0 saturated heterocycles. The molecule has 1 aromatic rings. The van der Waals surface area contributed by atoms with Crippen LogP contribution in [0.4, 0.5) is 5.82 Å². The number of nitrogens with two attached hydrogens (primary N) is 1. The number of nitrogens with one attached hydrogen (secondary N) is 1. The molecule has 116 valence electrons. The zero-order valence-electron chi connectivity index (χ0n) is 12.9. The van der Waals surface area contributed by atoms with Crippen molar-refractivity contribution in [3.8, 4) is 0 Å². The molecule has 1 fully saturated rings. The van der Waals surface area contributed by atoms with Crippen molar-refractivity contribution in [1.82, 2.24) is 15.3 Å². The molecule has 0 aliphatic heterocycles. The number of hydrogen-bond acceptors (Lipinski definition) is 5. The molecule has 0 spiro atoms. The van der Waals surface area contributed by atoms with E-state index >= 15 is 0 Å². The van der Waals surface area contributed by atoms with E-state index in [0.29, 0.717) is 6.61 Å². The molecule has 0 radical (unpaired) electrons. The number of rotatable bonds is 6. The smallest absolute Gasteiger partial charge is 0.273 e. The number of amides is 1. The van der Waals surface area contributed by atoms with E-state index in [-0.39, 0.29) is 35.0 Å². The minimum absolute atomic E-state index is 0.00262. The van der Waals surface area contributed by atoms with E-state index < -0.39 is 0 Å². The third-order valence-electron chi connectivity index (χ3n) is 4.72. The van der Waals surface area contributed by atoms with Crippen LogP contribution in [-0.4, -0.2) is 34.6 Å². The summed E-state index contributed by atoms with van der Waals surface area (Å²) in [6.45, 7) is 6.99. The Bertz CT molecular complexity index is 502. The average Bonchev–Trinajstić information content (AvgIpc) is 2.48. The van der Waals surface area contributed by atoms with Crippen LogP contribution in [0.2, 0.25) is 0 Å². The minimum Gasteiger partial charge on any atom is -0.382 e. The summed E-state index contributed by atoms with van der Waals surface area (Å²) in [6, 6.07) is 0.0953. The Morgan fingerprint density at radius 2 is 2.05 bits per heavy atom. The summed E-state index contributed by atoms with van der Waals surface area (Å²) in [6.07, 6.45) is 5.93. The lowest BCUT2D eigenvalue weighted by Crippen LogP contribution is -2.64. The first-order valence-electron chi connectivity index (χ1n) is 7.58. The molecule has 2 unspecified atom stereocenters. The lowest BCUT2D eigenvalue weighted by molar-refractivity contribution is -0.134. The van der Waals surface area contributed by atoms with Crippen LogP contribution in [0.5, 0.6) is 0 Å². The number of nitrogens with zero attached hydrogens (tertiary/aromatic N) is 2. The Kier molecular flexibility index (Phi) is 4.77. The van der Waals surface area contributed by atoms with E-state index in [1.807, 2.05) is 6.92 Å². The highest BCUT2D eigenvalue weighted by Crippen LogP contribution is 2.48. The quantitative estimate of drug-likeness (QED) is 0.834. The Balaban J connectivity index is 2.09. The minimum atomic E-state index is -0.258. The van der Waals surface area contributed by atoms with Crippen molar-refractivity contribution in [1.29, 1.82) is 0 Å². The number of anilines is 1. The van der Waals surface area contributed by atoms with Crippen molar-refractivity contribution in [3.05, 3.63) is 18.1 Å². The molecule has 6 heteroatoms. The van der Waals surface area contributed by atoms with E-state index in [9.17, 15) is 4.79 Å². The van der Waals surface area contributed by atoms with E-state index in [4.69, 9.17) is 10.5 Å². The molecule has 6 nitrogen and oxygen atoms in total. The molecule has 1 amide bonds. The van der Waals surface area contributed by atoms with Crippen LogP contribution in [0.15, 0.2) is 12.4 Å². The van der Waals surface area contributed by atoms with Gasteiger partial charge in [0.05, 0.1) is 6.10 Å². The van der Waals surface area contributed by atoms with Crippen LogP contribution < -0.4 is 11.1 Å². The Morgan fingerprint density at radius 1 is 1.38 bits per heavy atom. The molecule has 0 aromatic carbocycles. The molecule has 3 N–H and O–H groups in total. The molecule has 0 bridgehead atoms. The zero-order chi connectivity index (χ0) is 15.5. The first-order chi connectivity index (χ1) is 10.1. The highest BCUT2D eigenvalue weighted by atomic mass is 16.5. The number of nitrogen functional groups attached to an aromatic ring is 1. The second-order valence-corrected chi connectivity index (χ2v) is 5.44. The van der Waals surface area contributed by atoms with Gasteiger partial charge in [0, 0.05) is 30.5 Å². The van der Waals surface area contributed by atoms with Gasteiger partial charge in [0.1, 0.15) is 0 Å². The van der Waals surface area contributed by atoms with Crippen LogP contribution in [0.25, 0.3) is 0 Å². The summed E-state index contributed by atoms with van der Waals surface area (Å²) < 4.78 is 5.81. The maximum Gasteiger partial charge on any atom is 0.273 e. The highest BCUT2D eigenvalue weighted by molar-refractivity contribution is 5.96. The molecular formula is C15H24N4O2. The van der Waals surface area contributed by atoms with E-state index in [0.717, 1.165) is 19.3 Å². The van der Waals surface area contributed by atoms with Gasteiger partial charge < -0.3 is 15.8 Å². The predicted octanol–water partition coefficient (Wildman–Crippen LogP) is 1.77. The van der Waals surface area contributed by atoms with Crippen LogP contribution in [0, 0.1) is 5.41 Å². The maximum atomic E-state index is 12.3. The fourth-order valence-electron chi connectivity index (χ4n) is 3.33. The van der Waals surface area contributed by atoms with Gasteiger partial charge in [-0.2, -0.15) is 0 Å². The highest BCUT2D eigenvalue weighted by Gasteiger charge is 2.53. The fraction of sp³-hybridized carbons (Fsp3) is 0.667. The SMILES string of the molecule is CCOC1CC(NC(=O)c2nccnc2N)C1(CC)CC. The Hall–Kier alpha value is -1.69. The second-order valence-electron chi connectivity index (χ2n) is 5.44. The average molecular weight is 292 g/mol. The van der Waals surface area contributed by atoms with E-state index in [1.54, 1.807) is 0 Å². The molecule has 2 atom stereocenters. The predicted molar refractivity (Wildman–Crippen MR) is 80.7 cm³/mol. The van der Waals surface area contributed by atoms with Crippen molar-refractivity contribution in [2.75, 3.05) is 12.3 Å². The number of ether oxygens (including phenoxy) is 1. The first-order valence-corrected chi connectivity index (χ1v) is 7.58. The fourth-order valence-corrected chi connectivity index (χ4v) is 3.33. The maximum absolute atomic E-state index is 12.3. The molecular weight excluding hydrogens is 268 g/mol. The van der Waals surface area contributed by atoms with E-state index in [1.165, 1.54) is 12.4 Å². The van der Waals surface area contributed by atoms with Crippen molar-refractivity contribution in [2.24, 2.45) is 5.41 Å². The van der Waals surface area contributed by atoms with Gasteiger partial charge in [-0.05, 0) is 26.2 Å². The van der Waals surface area contributed by atoms with Crippen molar-refractivity contribution >= 4 is 11.7 Å². The topological polar surface area (TPSA) is 90.1 Å². The molecule has 1 aromatic heterocycles. The van der Waals surface area contributed by atoms with Crippen LogP contribution in [0.1, 0.15) is 50.5 Å². The largest absolute Gasteiger partial charge is 0.382 e. The lowest BCUT2D eigenvalue weighted by Gasteiger charge is -2.55. The summed E-state index contributed by atoms with van der Waals surface area (Å²) in [5, 5.41) is 3.05. The monoisotopic (exact) mass is 292 g/mol. The van der Waals surface area contributed by atoms with Gasteiger partial charge in [-0.1, -0.05) is 13.8 Å².